The van der Waals surface area contributed by atoms with Crippen molar-refractivity contribution in [3.63, 3.8) is 0 Å². The van der Waals surface area contributed by atoms with E-state index < -0.39 is 12.0 Å². The number of piperidine rings is 1. The minimum atomic E-state index is -0.751. The fraction of sp³-hybridized carbons (Fsp3) is 0.538. The lowest BCUT2D eigenvalue weighted by molar-refractivity contribution is -0.139. The molecule has 1 aliphatic heterocycles. The monoisotopic (exact) mass is 234 g/mol. The number of aliphatic carboxylic acids is 1. The molecule has 2 atom stereocenters. The van der Waals surface area contributed by atoms with Crippen LogP contribution >= 0.6 is 0 Å². The van der Waals surface area contributed by atoms with Crippen LogP contribution in [0.4, 0.5) is 5.82 Å². The molecule has 0 bridgehead atoms. The molecule has 0 amide bonds. The molecule has 1 saturated heterocycles. The van der Waals surface area contributed by atoms with Crippen LogP contribution in [-0.4, -0.2) is 28.6 Å². The fourth-order valence-corrected chi connectivity index (χ4v) is 2.28. The lowest BCUT2D eigenvalue weighted by Gasteiger charge is -2.36. The van der Waals surface area contributed by atoms with E-state index in [0.717, 1.165) is 24.3 Å². The second-order valence-electron chi connectivity index (χ2n) is 4.87. The van der Waals surface area contributed by atoms with E-state index in [4.69, 9.17) is 0 Å². The number of hydrogen-bond acceptors (Lipinski definition) is 3. The summed E-state index contributed by atoms with van der Waals surface area (Å²) in [5.74, 6) is 0.492. The van der Waals surface area contributed by atoms with Gasteiger partial charge >= 0.3 is 5.97 Å². The summed E-state index contributed by atoms with van der Waals surface area (Å²) >= 11 is 0. The highest BCUT2D eigenvalue weighted by molar-refractivity contribution is 5.78. The molecular formula is C13H18N2O2. The molecule has 4 nitrogen and oxygen atoms in total. The van der Waals surface area contributed by atoms with Gasteiger partial charge in [0, 0.05) is 12.7 Å². The number of rotatable bonds is 2. The molecule has 2 heterocycles. The first-order valence-corrected chi connectivity index (χ1v) is 6.00. The zero-order chi connectivity index (χ0) is 12.4. The van der Waals surface area contributed by atoms with Gasteiger partial charge in [0.05, 0.1) is 0 Å². The third kappa shape index (κ3) is 2.57. The Morgan fingerprint density at radius 1 is 1.53 bits per heavy atom. The van der Waals surface area contributed by atoms with Crippen LogP contribution in [0.5, 0.6) is 0 Å². The molecule has 0 aliphatic carbocycles. The molecule has 0 aromatic carbocycles. The molecule has 1 aliphatic rings. The van der Waals surface area contributed by atoms with Gasteiger partial charge in [0.2, 0.25) is 0 Å². The van der Waals surface area contributed by atoms with Crippen LogP contribution in [-0.2, 0) is 4.79 Å². The molecule has 2 unspecified atom stereocenters. The van der Waals surface area contributed by atoms with Crippen molar-refractivity contribution in [1.82, 2.24) is 4.98 Å². The first kappa shape index (κ1) is 11.9. The van der Waals surface area contributed by atoms with Crippen molar-refractivity contribution in [2.75, 3.05) is 11.4 Å². The highest BCUT2D eigenvalue weighted by atomic mass is 16.4. The number of aromatic nitrogens is 1. The van der Waals surface area contributed by atoms with Crippen molar-refractivity contribution >= 4 is 11.8 Å². The first-order valence-electron chi connectivity index (χ1n) is 6.00. The van der Waals surface area contributed by atoms with E-state index >= 15 is 0 Å². The van der Waals surface area contributed by atoms with E-state index in [-0.39, 0.29) is 0 Å². The van der Waals surface area contributed by atoms with Crippen LogP contribution in [0, 0.1) is 12.8 Å². The Kier molecular flexibility index (Phi) is 3.31. The number of aryl methyl sites for hydroxylation is 1. The van der Waals surface area contributed by atoms with E-state index in [0.29, 0.717) is 12.3 Å². The predicted molar refractivity (Wildman–Crippen MR) is 66.1 cm³/mol. The van der Waals surface area contributed by atoms with Crippen molar-refractivity contribution in [1.29, 1.82) is 0 Å². The van der Waals surface area contributed by atoms with Gasteiger partial charge in [0.15, 0.2) is 0 Å². The number of nitrogens with zero attached hydrogens (tertiary/aromatic N) is 2. The Bertz CT molecular complexity index is 402. The molecule has 4 heteroatoms. The van der Waals surface area contributed by atoms with E-state index in [9.17, 15) is 9.90 Å². The van der Waals surface area contributed by atoms with Crippen LogP contribution < -0.4 is 4.90 Å². The van der Waals surface area contributed by atoms with Crippen molar-refractivity contribution in [3.8, 4) is 0 Å². The van der Waals surface area contributed by atoms with Gasteiger partial charge in [0.1, 0.15) is 11.9 Å². The zero-order valence-electron chi connectivity index (χ0n) is 10.3. The van der Waals surface area contributed by atoms with E-state index in [1.807, 2.05) is 24.0 Å². The number of carboxylic acid groups (broad SMARTS) is 1. The van der Waals surface area contributed by atoms with Crippen LogP contribution in [0.2, 0.25) is 0 Å². The Labute approximate surface area is 101 Å². The third-order valence-electron chi connectivity index (χ3n) is 3.34. The van der Waals surface area contributed by atoms with Gasteiger partial charge in [-0.3, -0.25) is 0 Å². The predicted octanol–water partition coefficient (Wildman–Crippen LogP) is 2.08. The molecule has 0 spiro atoms. The topological polar surface area (TPSA) is 53.4 Å². The van der Waals surface area contributed by atoms with Gasteiger partial charge in [-0.1, -0.05) is 13.0 Å². The Morgan fingerprint density at radius 3 is 2.88 bits per heavy atom. The minimum absolute atomic E-state index is 0.436. The molecule has 1 N–H and O–H groups in total. The Morgan fingerprint density at radius 2 is 2.29 bits per heavy atom. The van der Waals surface area contributed by atoms with Crippen molar-refractivity contribution in [2.24, 2.45) is 5.92 Å². The summed E-state index contributed by atoms with van der Waals surface area (Å²) in [5, 5.41) is 9.27. The third-order valence-corrected chi connectivity index (χ3v) is 3.34. The first-order chi connectivity index (χ1) is 8.08. The summed E-state index contributed by atoms with van der Waals surface area (Å²) in [7, 11) is 0. The molecule has 0 saturated carbocycles. The standard InChI is InChI=1S/C13H18N2O2/c1-9-5-6-15(11(7-9)13(16)17)12-4-3-10(2)8-14-12/h3-4,8-9,11H,5-7H2,1-2H3,(H,16,17). The van der Waals surface area contributed by atoms with Crippen molar-refractivity contribution < 1.29 is 9.90 Å². The number of carbonyl (C=O) groups is 1. The normalized spacial score (nSPS) is 24.7. The fourth-order valence-electron chi connectivity index (χ4n) is 2.28. The maximum Gasteiger partial charge on any atom is 0.326 e. The SMILES string of the molecule is Cc1ccc(N2CCC(C)CC2C(=O)O)nc1. The summed E-state index contributed by atoms with van der Waals surface area (Å²) in [6.07, 6.45) is 3.51. The number of pyridine rings is 1. The molecule has 2 rings (SSSR count). The van der Waals surface area contributed by atoms with E-state index in [1.165, 1.54) is 0 Å². The summed E-state index contributed by atoms with van der Waals surface area (Å²) in [5.41, 5.74) is 1.09. The second-order valence-corrected chi connectivity index (χ2v) is 4.87. The van der Waals surface area contributed by atoms with Gasteiger partial charge < -0.3 is 10.0 Å². The molecular weight excluding hydrogens is 216 g/mol. The molecule has 92 valence electrons. The van der Waals surface area contributed by atoms with Crippen LogP contribution in [0.25, 0.3) is 0 Å². The number of hydrogen-bond donors (Lipinski definition) is 1. The maximum absolute atomic E-state index is 11.3. The van der Waals surface area contributed by atoms with Crippen molar-refractivity contribution in [2.45, 2.75) is 32.7 Å². The average molecular weight is 234 g/mol. The number of carboxylic acids is 1. The van der Waals surface area contributed by atoms with Gasteiger partial charge in [0.25, 0.3) is 0 Å². The lowest BCUT2D eigenvalue weighted by Crippen LogP contribution is -2.47. The van der Waals surface area contributed by atoms with Crippen LogP contribution in [0.1, 0.15) is 25.3 Å². The second kappa shape index (κ2) is 4.73. The van der Waals surface area contributed by atoms with Gasteiger partial charge in [-0.15, -0.1) is 0 Å². The summed E-state index contributed by atoms with van der Waals surface area (Å²) < 4.78 is 0. The molecule has 17 heavy (non-hydrogen) atoms. The lowest BCUT2D eigenvalue weighted by atomic mass is 9.92. The molecule has 1 aromatic heterocycles. The van der Waals surface area contributed by atoms with Gasteiger partial charge in [-0.25, -0.2) is 9.78 Å². The minimum Gasteiger partial charge on any atom is -0.480 e. The Balaban J connectivity index is 2.23. The molecule has 1 fully saturated rings. The highest BCUT2D eigenvalue weighted by Crippen LogP contribution is 2.26. The smallest absolute Gasteiger partial charge is 0.326 e. The Hall–Kier alpha value is -1.58. The largest absolute Gasteiger partial charge is 0.480 e. The highest BCUT2D eigenvalue weighted by Gasteiger charge is 2.32. The number of anilines is 1. The van der Waals surface area contributed by atoms with Crippen LogP contribution in [0.15, 0.2) is 18.3 Å². The maximum atomic E-state index is 11.3. The molecule has 0 radical (unpaired) electrons. The summed E-state index contributed by atoms with van der Waals surface area (Å²) in [6, 6.07) is 3.44. The quantitative estimate of drug-likeness (QED) is 0.851. The summed E-state index contributed by atoms with van der Waals surface area (Å²) in [4.78, 5) is 17.5. The zero-order valence-corrected chi connectivity index (χ0v) is 10.3. The van der Waals surface area contributed by atoms with Crippen molar-refractivity contribution in [3.05, 3.63) is 23.9 Å². The van der Waals surface area contributed by atoms with Gasteiger partial charge in [-0.05, 0) is 37.3 Å². The summed E-state index contributed by atoms with van der Waals surface area (Å²) in [6.45, 7) is 4.85. The van der Waals surface area contributed by atoms with Crippen LogP contribution in [0.3, 0.4) is 0 Å². The van der Waals surface area contributed by atoms with Gasteiger partial charge in [-0.2, -0.15) is 0 Å². The molecule has 1 aromatic rings. The van der Waals surface area contributed by atoms with E-state index in [1.54, 1.807) is 6.20 Å². The average Bonchev–Trinajstić information content (AvgIpc) is 2.30. The van der Waals surface area contributed by atoms with E-state index in [2.05, 4.69) is 11.9 Å².